The molecule has 8 aromatic rings. The lowest BCUT2D eigenvalue weighted by Crippen LogP contribution is -2.31. The number of fused-ring (bicyclic) bond motifs is 14. The predicted molar refractivity (Wildman–Crippen MR) is 184 cm³/mol. The fourth-order valence-electron chi connectivity index (χ4n) is 8.09. The number of nitrogens with zero attached hydrogens (tertiary/aromatic N) is 1. The Morgan fingerprint density at radius 2 is 1.16 bits per heavy atom. The molecular weight excluding hydrogens is 551 g/mol. The first-order valence-electron chi connectivity index (χ1n) is 15.3. The van der Waals surface area contributed by atoms with E-state index in [1.807, 2.05) is 11.8 Å². The first-order valence-corrected chi connectivity index (χ1v) is 16.1. The van der Waals surface area contributed by atoms with E-state index in [1.165, 1.54) is 87.0 Å². The van der Waals surface area contributed by atoms with Crippen molar-refractivity contribution in [1.82, 2.24) is 4.57 Å². The van der Waals surface area contributed by atoms with Crippen LogP contribution in [0.1, 0.15) is 27.8 Å². The van der Waals surface area contributed by atoms with Crippen LogP contribution in [0.25, 0.3) is 49.4 Å². The zero-order chi connectivity index (χ0) is 29.0. The fraction of sp³-hybridized carbons (Fsp3) is 0.0476. The SMILES string of the molecule is Cc1ccc(-n2c3cc4c(cc3c3ccc5ccccc5c32)C2(c3ccccc3S4)c3ccccc3-c3ccccc32)cc1. The van der Waals surface area contributed by atoms with Crippen molar-refractivity contribution in [2.24, 2.45) is 0 Å². The van der Waals surface area contributed by atoms with Crippen LogP contribution in [0.3, 0.4) is 0 Å². The summed E-state index contributed by atoms with van der Waals surface area (Å²) >= 11 is 1.91. The van der Waals surface area contributed by atoms with E-state index in [-0.39, 0.29) is 5.41 Å². The van der Waals surface area contributed by atoms with Gasteiger partial charge >= 0.3 is 0 Å². The molecule has 1 aromatic heterocycles. The first kappa shape index (κ1) is 24.4. The van der Waals surface area contributed by atoms with Gasteiger partial charge in [-0.15, -0.1) is 0 Å². The molecule has 0 bridgehead atoms. The van der Waals surface area contributed by atoms with E-state index >= 15 is 0 Å². The molecule has 7 aromatic carbocycles. The Balaban J connectivity index is 1.40. The van der Waals surface area contributed by atoms with Crippen molar-refractivity contribution in [2.45, 2.75) is 22.1 Å². The molecule has 1 aliphatic carbocycles. The highest BCUT2D eigenvalue weighted by Crippen LogP contribution is 2.62. The zero-order valence-electron chi connectivity index (χ0n) is 24.2. The lowest BCUT2D eigenvalue weighted by molar-refractivity contribution is 0.724. The van der Waals surface area contributed by atoms with Crippen LogP contribution in [0.4, 0.5) is 0 Å². The molecule has 1 spiro atoms. The summed E-state index contributed by atoms with van der Waals surface area (Å²) in [5, 5.41) is 5.13. The summed E-state index contributed by atoms with van der Waals surface area (Å²) in [5.74, 6) is 0. The molecule has 0 atom stereocenters. The van der Waals surface area contributed by atoms with Crippen LogP contribution >= 0.6 is 11.8 Å². The molecule has 1 aliphatic heterocycles. The van der Waals surface area contributed by atoms with Gasteiger partial charge in [-0.2, -0.15) is 0 Å². The molecule has 2 heterocycles. The number of hydrogen-bond acceptors (Lipinski definition) is 1. The average molecular weight is 578 g/mol. The third kappa shape index (κ3) is 3.01. The van der Waals surface area contributed by atoms with Gasteiger partial charge in [0.25, 0.3) is 0 Å². The zero-order valence-corrected chi connectivity index (χ0v) is 25.0. The molecule has 0 N–H and O–H groups in total. The van der Waals surface area contributed by atoms with E-state index < -0.39 is 0 Å². The molecule has 0 saturated heterocycles. The largest absolute Gasteiger partial charge is 0.309 e. The molecule has 44 heavy (non-hydrogen) atoms. The van der Waals surface area contributed by atoms with Gasteiger partial charge < -0.3 is 4.57 Å². The topological polar surface area (TPSA) is 4.93 Å². The second-order valence-electron chi connectivity index (χ2n) is 12.2. The Kier molecular flexibility index (Phi) is 4.85. The Morgan fingerprint density at radius 3 is 1.93 bits per heavy atom. The predicted octanol–water partition coefficient (Wildman–Crippen LogP) is 11.1. The van der Waals surface area contributed by atoms with Crippen LogP contribution < -0.4 is 0 Å². The molecule has 206 valence electrons. The monoisotopic (exact) mass is 577 g/mol. The number of rotatable bonds is 1. The minimum absolute atomic E-state index is 0.381. The van der Waals surface area contributed by atoms with Gasteiger partial charge in [-0.25, -0.2) is 0 Å². The van der Waals surface area contributed by atoms with Crippen molar-refractivity contribution >= 4 is 44.3 Å². The molecule has 0 fully saturated rings. The number of aryl methyl sites for hydroxylation is 1. The third-order valence-electron chi connectivity index (χ3n) is 9.91. The van der Waals surface area contributed by atoms with Crippen molar-refractivity contribution in [3.63, 3.8) is 0 Å². The van der Waals surface area contributed by atoms with E-state index in [0.717, 1.165) is 0 Å². The quantitative estimate of drug-likeness (QED) is 0.188. The van der Waals surface area contributed by atoms with E-state index in [0.29, 0.717) is 0 Å². The van der Waals surface area contributed by atoms with Crippen molar-refractivity contribution < 1.29 is 0 Å². The third-order valence-corrected chi connectivity index (χ3v) is 11.0. The molecule has 10 rings (SSSR count). The average Bonchev–Trinajstić information content (AvgIpc) is 3.55. The minimum Gasteiger partial charge on any atom is -0.309 e. The molecule has 0 saturated carbocycles. The van der Waals surface area contributed by atoms with E-state index in [2.05, 4.69) is 157 Å². The summed E-state index contributed by atoms with van der Waals surface area (Å²) in [5.41, 5.74) is 12.8. The normalized spacial score (nSPS) is 14.1. The van der Waals surface area contributed by atoms with E-state index in [4.69, 9.17) is 0 Å². The number of benzene rings is 7. The lowest BCUT2D eigenvalue weighted by atomic mass is 9.67. The molecular formula is C42H27NS. The highest BCUT2D eigenvalue weighted by atomic mass is 32.2. The first-order chi connectivity index (χ1) is 21.7. The van der Waals surface area contributed by atoms with Crippen molar-refractivity contribution in [2.75, 3.05) is 0 Å². The van der Waals surface area contributed by atoms with E-state index in [9.17, 15) is 0 Å². The lowest BCUT2D eigenvalue weighted by Gasteiger charge is -2.39. The minimum atomic E-state index is -0.381. The van der Waals surface area contributed by atoms with Crippen LogP contribution in [0.2, 0.25) is 0 Å². The van der Waals surface area contributed by atoms with Crippen molar-refractivity contribution in [3.8, 4) is 16.8 Å². The molecule has 0 amide bonds. The Bertz CT molecular complexity index is 2430. The van der Waals surface area contributed by atoms with Crippen molar-refractivity contribution in [1.29, 1.82) is 0 Å². The molecule has 1 nitrogen and oxygen atoms in total. The van der Waals surface area contributed by atoms with Gasteiger partial charge in [-0.3, -0.25) is 0 Å². The molecule has 0 unspecified atom stereocenters. The van der Waals surface area contributed by atoms with Gasteiger partial charge in [-0.05, 0) is 76.0 Å². The summed E-state index contributed by atoms with van der Waals surface area (Å²) in [6.07, 6.45) is 0. The van der Waals surface area contributed by atoms with Gasteiger partial charge in [0.05, 0.1) is 16.4 Å². The number of hydrogen-bond donors (Lipinski definition) is 0. The summed E-state index contributed by atoms with van der Waals surface area (Å²) in [4.78, 5) is 2.65. The smallest absolute Gasteiger partial charge is 0.0735 e. The summed E-state index contributed by atoms with van der Waals surface area (Å²) in [7, 11) is 0. The standard InChI is InChI=1S/C42H27NS/c1-26-18-21-28(22-19-26)43-38-25-40-37(24-33(38)32-23-20-27-10-2-3-11-29(27)41(32)43)42(36-16-8-9-17-39(36)44-40)34-14-6-4-12-30(34)31-13-5-7-15-35(31)42/h2-25H,1H3. The highest BCUT2D eigenvalue weighted by Gasteiger charge is 2.50. The van der Waals surface area contributed by atoms with Gasteiger partial charge in [0.15, 0.2) is 0 Å². The molecule has 2 heteroatoms. The maximum Gasteiger partial charge on any atom is 0.0735 e. The van der Waals surface area contributed by atoms with Crippen molar-refractivity contribution in [3.05, 3.63) is 173 Å². The second-order valence-corrected chi connectivity index (χ2v) is 13.2. The number of aromatic nitrogens is 1. The fourth-order valence-corrected chi connectivity index (χ4v) is 9.29. The highest BCUT2D eigenvalue weighted by molar-refractivity contribution is 7.99. The van der Waals surface area contributed by atoms with Gasteiger partial charge in [-0.1, -0.05) is 133 Å². The Labute approximate surface area is 260 Å². The van der Waals surface area contributed by atoms with Crippen LogP contribution in [-0.4, -0.2) is 4.57 Å². The van der Waals surface area contributed by atoms with Gasteiger partial charge in [0.1, 0.15) is 0 Å². The second kappa shape index (κ2) is 8.75. The van der Waals surface area contributed by atoms with Crippen LogP contribution in [0.15, 0.2) is 155 Å². The Hall–Kier alpha value is -5.05. The molecule has 2 aliphatic rings. The summed E-state index contributed by atoms with van der Waals surface area (Å²) in [6.45, 7) is 2.16. The maximum atomic E-state index is 2.54. The van der Waals surface area contributed by atoms with Crippen LogP contribution in [0.5, 0.6) is 0 Å². The van der Waals surface area contributed by atoms with Gasteiger partial charge in [0, 0.05) is 31.6 Å². The van der Waals surface area contributed by atoms with E-state index in [1.54, 1.807) is 0 Å². The van der Waals surface area contributed by atoms with Crippen LogP contribution in [-0.2, 0) is 5.41 Å². The summed E-state index contributed by atoms with van der Waals surface area (Å²) in [6, 6.07) is 54.6. The van der Waals surface area contributed by atoms with Crippen LogP contribution in [0, 0.1) is 6.92 Å². The summed E-state index contributed by atoms with van der Waals surface area (Å²) < 4.78 is 2.50. The maximum absolute atomic E-state index is 2.54. The van der Waals surface area contributed by atoms with Gasteiger partial charge in [0.2, 0.25) is 0 Å². The Morgan fingerprint density at radius 1 is 0.500 bits per heavy atom. The molecule has 0 radical (unpaired) electrons.